The molecule has 0 saturated carbocycles. The lowest BCUT2D eigenvalue weighted by atomic mass is 10.2. The summed E-state index contributed by atoms with van der Waals surface area (Å²) in [6, 6.07) is 0.332. The summed E-state index contributed by atoms with van der Waals surface area (Å²) >= 11 is 1.74. The predicted octanol–water partition coefficient (Wildman–Crippen LogP) is 1.07. The van der Waals surface area contributed by atoms with Crippen molar-refractivity contribution >= 4 is 11.8 Å². The quantitative estimate of drug-likeness (QED) is 0.757. The van der Waals surface area contributed by atoms with Gasteiger partial charge >= 0.3 is 0 Å². The zero-order valence-corrected chi connectivity index (χ0v) is 11.7. The van der Waals surface area contributed by atoms with Crippen LogP contribution in [0.5, 0.6) is 0 Å². The van der Waals surface area contributed by atoms with Crippen LogP contribution in [0.2, 0.25) is 0 Å². The maximum absolute atomic E-state index is 8.97. The number of aliphatic hydroxyl groups is 1. The van der Waals surface area contributed by atoms with Crippen LogP contribution in [0.25, 0.3) is 0 Å². The summed E-state index contributed by atoms with van der Waals surface area (Å²) < 4.78 is 2.27. The molecule has 0 aliphatic carbocycles. The smallest absolute Gasteiger partial charge is 0.191 e. The van der Waals surface area contributed by atoms with Gasteiger partial charge in [0.05, 0.1) is 0 Å². The normalized spacial score (nSPS) is 17.2. The Morgan fingerprint density at radius 2 is 2.28 bits per heavy atom. The Labute approximate surface area is 112 Å². The average molecular weight is 270 g/mol. The Morgan fingerprint density at radius 1 is 1.39 bits per heavy atom. The van der Waals surface area contributed by atoms with Crippen molar-refractivity contribution in [3.8, 4) is 0 Å². The highest BCUT2D eigenvalue weighted by molar-refractivity contribution is 7.99. The number of fused-ring (bicyclic) bond motifs is 1. The van der Waals surface area contributed by atoms with Crippen molar-refractivity contribution in [3.63, 3.8) is 0 Å². The first-order valence-corrected chi connectivity index (χ1v) is 7.66. The van der Waals surface area contributed by atoms with Gasteiger partial charge in [-0.1, -0.05) is 18.2 Å². The highest BCUT2D eigenvalue weighted by Gasteiger charge is 2.16. The zero-order chi connectivity index (χ0) is 12.8. The molecule has 1 aliphatic heterocycles. The Bertz CT molecular complexity index is 369. The molecule has 0 spiro atoms. The molecule has 2 heterocycles. The van der Waals surface area contributed by atoms with Gasteiger partial charge in [-0.25, -0.2) is 0 Å². The first-order chi connectivity index (χ1) is 8.85. The van der Waals surface area contributed by atoms with E-state index >= 15 is 0 Å². The summed E-state index contributed by atoms with van der Waals surface area (Å²) in [6.07, 6.45) is 5.58. The second kappa shape index (κ2) is 7.11. The van der Waals surface area contributed by atoms with Crippen LogP contribution < -0.4 is 5.32 Å². The van der Waals surface area contributed by atoms with E-state index in [9.17, 15) is 0 Å². The number of rotatable bonds is 6. The van der Waals surface area contributed by atoms with E-state index in [4.69, 9.17) is 5.11 Å². The maximum atomic E-state index is 8.97. The van der Waals surface area contributed by atoms with Crippen LogP contribution in [0.4, 0.5) is 0 Å². The Hall–Kier alpha value is -0.590. The lowest BCUT2D eigenvalue weighted by molar-refractivity contribution is 0.273. The number of thioether (sulfide) groups is 1. The van der Waals surface area contributed by atoms with E-state index < -0.39 is 0 Å². The molecule has 2 N–H and O–H groups in total. The lowest BCUT2D eigenvalue weighted by Gasteiger charge is -2.14. The van der Waals surface area contributed by atoms with Crippen LogP contribution in [-0.2, 0) is 13.0 Å². The summed E-state index contributed by atoms with van der Waals surface area (Å²) in [5.74, 6) is 2.06. The summed E-state index contributed by atoms with van der Waals surface area (Å²) in [5, 5.41) is 21.8. The largest absolute Gasteiger partial charge is 0.396 e. The van der Waals surface area contributed by atoms with Crippen LogP contribution in [0.1, 0.15) is 31.5 Å². The third-order valence-corrected chi connectivity index (χ3v) is 4.50. The van der Waals surface area contributed by atoms with E-state index in [2.05, 4.69) is 20.1 Å². The molecule has 0 fully saturated rings. The molecule has 1 atom stereocenters. The van der Waals surface area contributed by atoms with Gasteiger partial charge in [-0.05, 0) is 26.3 Å². The fraction of sp³-hybridized carbons (Fsp3) is 0.833. The minimum atomic E-state index is 0.226. The molecule has 18 heavy (non-hydrogen) atoms. The number of aryl methyl sites for hydroxylation is 1. The standard InChI is InChI=1S/C12H22N4OS/c1-13-10(6-8-17)9-18-12-15-14-11-5-3-2-4-7-16(11)12/h10,13,17H,2-9H2,1H3. The number of nitrogens with one attached hydrogen (secondary N) is 1. The summed E-state index contributed by atoms with van der Waals surface area (Å²) in [6.45, 7) is 1.28. The van der Waals surface area contributed by atoms with Gasteiger partial charge < -0.3 is 15.0 Å². The van der Waals surface area contributed by atoms with Gasteiger partial charge in [0.2, 0.25) is 0 Å². The second-order valence-electron chi connectivity index (χ2n) is 4.67. The number of aromatic nitrogens is 3. The van der Waals surface area contributed by atoms with Gasteiger partial charge in [-0.15, -0.1) is 10.2 Å². The molecular weight excluding hydrogens is 248 g/mol. The molecule has 0 radical (unpaired) electrons. The van der Waals surface area contributed by atoms with Gasteiger partial charge in [0.1, 0.15) is 5.82 Å². The highest BCUT2D eigenvalue weighted by atomic mass is 32.2. The van der Waals surface area contributed by atoms with Crippen molar-refractivity contribution in [1.82, 2.24) is 20.1 Å². The van der Waals surface area contributed by atoms with Crippen molar-refractivity contribution in [1.29, 1.82) is 0 Å². The minimum absolute atomic E-state index is 0.226. The lowest BCUT2D eigenvalue weighted by Crippen LogP contribution is -2.28. The van der Waals surface area contributed by atoms with E-state index in [-0.39, 0.29) is 6.61 Å². The van der Waals surface area contributed by atoms with Gasteiger partial charge in [0.25, 0.3) is 0 Å². The molecule has 0 bridgehead atoms. The van der Waals surface area contributed by atoms with E-state index in [0.717, 1.165) is 36.1 Å². The average Bonchev–Trinajstić information content (AvgIpc) is 2.62. The number of hydrogen-bond acceptors (Lipinski definition) is 5. The first kappa shape index (κ1) is 13.8. The molecule has 1 aromatic heterocycles. The molecule has 0 amide bonds. The Kier molecular flexibility index (Phi) is 5.46. The summed E-state index contributed by atoms with van der Waals surface area (Å²) in [4.78, 5) is 0. The second-order valence-corrected chi connectivity index (χ2v) is 5.66. The molecule has 2 rings (SSSR count). The van der Waals surface area contributed by atoms with Gasteiger partial charge in [-0.2, -0.15) is 0 Å². The highest BCUT2D eigenvalue weighted by Crippen LogP contribution is 2.22. The fourth-order valence-electron chi connectivity index (χ4n) is 2.21. The molecule has 5 nitrogen and oxygen atoms in total. The van der Waals surface area contributed by atoms with Crippen molar-refractivity contribution in [2.75, 3.05) is 19.4 Å². The van der Waals surface area contributed by atoms with Crippen molar-refractivity contribution < 1.29 is 5.11 Å². The summed E-state index contributed by atoms with van der Waals surface area (Å²) in [5.41, 5.74) is 0. The topological polar surface area (TPSA) is 63.0 Å². The molecule has 0 aromatic carbocycles. The Balaban J connectivity index is 1.95. The monoisotopic (exact) mass is 270 g/mol. The number of hydrogen-bond donors (Lipinski definition) is 2. The number of aliphatic hydroxyl groups excluding tert-OH is 1. The predicted molar refractivity (Wildman–Crippen MR) is 72.9 cm³/mol. The molecule has 1 aliphatic rings. The van der Waals surface area contributed by atoms with Crippen LogP contribution in [0.3, 0.4) is 0 Å². The van der Waals surface area contributed by atoms with Gasteiger partial charge in [0.15, 0.2) is 5.16 Å². The molecule has 1 unspecified atom stereocenters. The fourth-order valence-corrected chi connectivity index (χ4v) is 3.34. The third kappa shape index (κ3) is 3.46. The van der Waals surface area contributed by atoms with Crippen molar-refractivity contribution in [2.24, 2.45) is 0 Å². The molecule has 6 heteroatoms. The zero-order valence-electron chi connectivity index (χ0n) is 10.9. The minimum Gasteiger partial charge on any atom is -0.396 e. The van der Waals surface area contributed by atoms with Crippen molar-refractivity contribution in [2.45, 2.75) is 49.8 Å². The van der Waals surface area contributed by atoms with Gasteiger partial charge in [0, 0.05) is 31.4 Å². The van der Waals surface area contributed by atoms with Crippen molar-refractivity contribution in [3.05, 3.63) is 5.82 Å². The molecular formula is C12H22N4OS. The Morgan fingerprint density at radius 3 is 3.06 bits per heavy atom. The summed E-state index contributed by atoms with van der Waals surface area (Å²) in [7, 11) is 1.94. The van der Waals surface area contributed by atoms with Crippen LogP contribution in [0, 0.1) is 0 Å². The SMILES string of the molecule is CNC(CCO)CSc1nnc2n1CCCCC2. The van der Waals surface area contributed by atoms with Gasteiger partial charge in [-0.3, -0.25) is 0 Å². The van der Waals surface area contributed by atoms with Crippen LogP contribution in [-0.4, -0.2) is 45.3 Å². The molecule has 0 saturated heterocycles. The van der Waals surface area contributed by atoms with Crippen LogP contribution >= 0.6 is 11.8 Å². The first-order valence-electron chi connectivity index (χ1n) is 6.68. The van der Waals surface area contributed by atoms with E-state index in [0.29, 0.717) is 6.04 Å². The van der Waals surface area contributed by atoms with E-state index in [1.807, 2.05) is 7.05 Å². The van der Waals surface area contributed by atoms with Crippen LogP contribution in [0.15, 0.2) is 5.16 Å². The molecule has 1 aromatic rings. The maximum Gasteiger partial charge on any atom is 0.191 e. The molecule has 102 valence electrons. The third-order valence-electron chi connectivity index (χ3n) is 3.37. The van der Waals surface area contributed by atoms with E-state index in [1.165, 1.54) is 19.3 Å². The van der Waals surface area contributed by atoms with E-state index in [1.54, 1.807) is 11.8 Å². The number of nitrogens with zero attached hydrogens (tertiary/aromatic N) is 3.